The van der Waals surface area contributed by atoms with Crippen LogP contribution in [0.1, 0.15) is 12.5 Å². The molecule has 2 heterocycles. The highest BCUT2D eigenvalue weighted by Gasteiger charge is 2.49. The Morgan fingerprint density at radius 2 is 1.54 bits per heavy atom. The minimum Gasteiger partial charge on any atom is -0.508 e. The molecule has 5 rings (SSSR count). The lowest BCUT2D eigenvalue weighted by Gasteiger charge is -2.41. The van der Waals surface area contributed by atoms with E-state index in [0.717, 1.165) is 25.1 Å². The first-order chi connectivity index (χ1) is 21.9. The predicted molar refractivity (Wildman–Crippen MR) is 158 cm³/mol. The van der Waals surface area contributed by atoms with E-state index in [9.17, 15) is 45.0 Å². The Balaban J connectivity index is 1.47. The fraction of sp³-hybridized carbons (Fsp3) is 0.219. The molecule has 46 heavy (non-hydrogen) atoms. The molecule has 4 aromatic rings. The van der Waals surface area contributed by atoms with E-state index in [0.29, 0.717) is 5.56 Å². The Labute approximate surface area is 259 Å². The van der Waals surface area contributed by atoms with E-state index in [4.69, 9.17) is 23.4 Å². The van der Waals surface area contributed by atoms with E-state index < -0.39 is 71.9 Å². The molecule has 0 bridgehead atoms. The van der Waals surface area contributed by atoms with Crippen molar-refractivity contribution < 1.29 is 63.6 Å². The predicted octanol–water partition coefficient (Wildman–Crippen LogP) is 2.30. The van der Waals surface area contributed by atoms with Gasteiger partial charge >= 0.3 is 11.9 Å². The Kier molecular flexibility index (Phi) is 9.13. The second-order valence-corrected chi connectivity index (χ2v) is 10.2. The molecule has 1 aliphatic rings. The summed E-state index contributed by atoms with van der Waals surface area (Å²) in [7, 11) is 0. The van der Waals surface area contributed by atoms with Gasteiger partial charge in [0.1, 0.15) is 52.8 Å². The molecule has 0 amide bonds. The van der Waals surface area contributed by atoms with Crippen molar-refractivity contribution in [2.45, 2.75) is 37.6 Å². The SMILES string of the molecule is CC(=O)OC1C(O)C(COC(=O)C=Cc2ccc(O)cc2)OC(Oc2c(-c3ccc(O)cc3)oc3cc(O)cc(O)c3c2=O)C1O. The number of ether oxygens (including phenoxy) is 4. The largest absolute Gasteiger partial charge is 0.508 e. The van der Waals surface area contributed by atoms with Gasteiger partial charge in [-0.05, 0) is 48.0 Å². The molecule has 1 saturated heterocycles. The lowest BCUT2D eigenvalue weighted by Crippen LogP contribution is -2.61. The fourth-order valence-electron chi connectivity index (χ4n) is 4.72. The van der Waals surface area contributed by atoms with Crippen molar-refractivity contribution in [2.24, 2.45) is 0 Å². The monoisotopic (exact) mass is 636 g/mol. The average molecular weight is 637 g/mol. The van der Waals surface area contributed by atoms with Gasteiger partial charge in [-0.2, -0.15) is 0 Å². The molecule has 14 heteroatoms. The molecule has 5 atom stereocenters. The Morgan fingerprint density at radius 1 is 0.891 bits per heavy atom. The first kappa shape index (κ1) is 31.8. The number of benzene rings is 3. The van der Waals surface area contributed by atoms with Gasteiger partial charge in [-0.15, -0.1) is 0 Å². The molecule has 0 spiro atoms. The van der Waals surface area contributed by atoms with E-state index in [-0.39, 0.29) is 33.8 Å². The number of carbonyl (C=O) groups excluding carboxylic acids is 2. The summed E-state index contributed by atoms with van der Waals surface area (Å²) in [6.45, 7) is 0.425. The fourth-order valence-corrected chi connectivity index (χ4v) is 4.72. The van der Waals surface area contributed by atoms with Crippen LogP contribution in [0.25, 0.3) is 28.4 Å². The molecular weight excluding hydrogens is 608 g/mol. The van der Waals surface area contributed by atoms with Crippen molar-refractivity contribution in [2.75, 3.05) is 6.61 Å². The van der Waals surface area contributed by atoms with Crippen molar-refractivity contribution in [3.8, 4) is 40.1 Å². The lowest BCUT2D eigenvalue weighted by molar-refractivity contribution is -0.282. The third-order valence-corrected chi connectivity index (χ3v) is 6.92. The molecule has 1 aliphatic heterocycles. The minimum absolute atomic E-state index is 0.0391. The van der Waals surface area contributed by atoms with E-state index in [2.05, 4.69) is 0 Å². The quantitative estimate of drug-likeness (QED) is 0.121. The second-order valence-electron chi connectivity index (χ2n) is 10.2. The van der Waals surface area contributed by atoms with Gasteiger partial charge in [0, 0.05) is 30.7 Å². The summed E-state index contributed by atoms with van der Waals surface area (Å²) in [5, 5.41) is 61.1. The van der Waals surface area contributed by atoms with Crippen LogP contribution in [0.3, 0.4) is 0 Å². The topological polar surface area (TPSA) is 223 Å². The molecule has 1 aromatic heterocycles. The van der Waals surface area contributed by atoms with E-state index in [1.807, 2.05) is 0 Å². The van der Waals surface area contributed by atoms with Crippen LogP contribution in [-0.2, 0) is 23.8 Å². The molecule has 0 aliphatic carbocycles. The van der Waals surface area contributed by atoms with Crippen LogP contribution in [-0.4, -0.2) is 79.9 Å². The van der Waals surface area contributed by atoms with Crippen LogP contribution in [0.15, 0.2) is 76.0 Å². The Hall–Kier alpha value is -5.57. The van der Waals surface area contributed by atoms with Gasteiger partial charge < -0.3 is 54.0 Å². The molecule has 0 saturated carbocycles. The molecule has 5 unspecified atom stereocenters. The number of aromatic hydroxyl groups is 4. The van der Waals surface area contributed by atoms with Gasteiger partial charge in [0.25, 0.3) is 0 Å². The van der Waals surface area contributed by atoms with Crippen LogP contribution in [0.2, 0.25) is 0 Å². The van der Waals surface area contributed by atoms with Gasteiger partial charge in [0.05, 0.1) is 0 Å². The maximum absolute atomic E-state index is 13.7. The summed E-state index contributed by atoms with van der Waals surface area (Å²) in [5.41, 5.74) is -0.394. The van der Waals surface area contributed by atoms with Gasteiger partial charge in [0.15, 0.2) is 18.0 Å². The number of hydrogen-bond acceptors (Lipinski definition) is 14. The van der Waals surface area contributed by atoms with E-state index in [1.54, 1.807) is 12.1 Å². The van der Waals surface area contributed by atoms with Crippen molar-refractivity contribution in [1.82, 2.24) is 0 Å². The molecule has 1 fully saturated rings. The Bertz CT molecular complexity index is 1830. The van der Waals surface area contributed by atoms with Crippen molar-refractivity contribution >= 4 is 29.0 Å². The number of rotatable bonds is 8. The van der Waals surface area contributed by atoms with Crippen molar-refractivity contribution in [3.63, 3.8) is 0 Å². The first-order valence-corrected chi connectivity index (χ1v) is 13.7. The number of phenolic OH excluding ortho intramolecular Hbond substituents is 4. The number of hydrogen-bond donors (Lipinski definition) is 6. The third-order valence-electron chi connectivity index (χ3n) is 6.92. The zero-order chi connectivity index (χ0) is 33.1. The zero-order valence-electron chi connectivity index (χ0n) is 24.0. The molecule has 0 radical (unpaired) electrons. The zero-order valence-corrected chi connectivity index (χ0v) is 24.0. The summed E-state index contributed by atoms with van der Waals surface area (Å²) in [6.07, 6.45) is -6.06. The highest BCUT2D eigenvalue weighted by atomic mass is 16.7. The Morgan fingerprint density at radius 3 is 2.20 bits per heavy atom. The average Bonchev–Trinajstić information content (AvgIpc) is 3.00. The summed E-state index contributed by atoms with van der Waals surface area (Å²) >= 11 is 0. The minimum atomic E-state index is -1.89. The van der Waals surface area contributed by atoms with Gasteiger partial charge in [-0.25, -0.2) is 4.79 Å². The molecule has 3 aromatic carbocycles. The van der Waals surface area contributed by atoms with Crippen molar-refractivity contribution in [3.05, 3.63) is 82.5 Å². The number of aliphatic hydroxyl groups is 2. The maximum Gasteiger partial charge on any atom is 0.330 e. The highest BCUT2D eigenvalue weighted by Crippen LogP contribution is 2.37. The van der Waals surface area contributed by atoms with Gasteiger partial charge in [0.2, 0.25) is 17.5 Å². The molecular formula is C32H28O14. The molecule has 6 N–H and O–H groups in total. The van der Waals surface area contributed by atoms with Crippen LogP contribution in [0.4, 0.5) is 0 Å². The third kappa shape index (κ3) is 6.89. The summed E-state index contributed by atoms with van der Waals surface area (Å²) < 4.78 is 27.7. The summed E-state index contributed by atoms with van der Waals surface area (Å²) in [6, 6.07) is 13.3. The second kappa shape index (κ2) is 13.2. The molecule has 14 nitrogen and oxygen atoms in total. The summed E-state index contributed by atoms with van der Waals surface area (Å²) in [5.74, 6) is -3.69. The number of fused-ring (bicyclic) bond motifs is 1. The number of esters is 2. The number of carbonyl (C=O) groups is 2. The lowest BCUT2D eigenvalue weighted by atomic mass is 9.99. The van der Waals surface area contributed by atoms with Crippen LogP contribution >= 0.6 is 0 Å². The van der Waals surface area contributed by atoms with Crippen LogP contribution in [0.5, 0.6) is 28.7 Å². The van der Waals surface area contributed by atoms with Crippen LogP contribution < -0.4 is 10.2 Å². The van der Waals surface area contributed by atoms with Crippen LogP contribution in [0, 0.1) is 0 Å². The smallest absolute Gasteiger partial charge is 0.330 e. The number of aliphatic hydroxyl groups excluding tert-OH is 2. The number of phenols is 4. The van der Waals surface area contributed by atoms with Gasteiger partial charge in [-0.1, -0.05) is 12.1 Å². The standard InChI is InChI=1S/C32H28O14/c1-15(33)43-30-26(39)23(14-42-24(38)11-4-16-2-7-18(34)8-3-16)45-32(28(30)41)46-31-27(40)25-21(37)12-20(36)13-22(25)44-29(31)17-5-9-19(35)10-6-17/h2-13,23,26,28,30,32,34-37,39,41H,14H2,1H3. The normalized spacial score (nSPS) is 21.2. The first-order valence-electron chi connectivity index (χ1n) is 13.7. The van der Waals surface area contributed by atoms with E-state index >= 15 is 0 Å². The van der Waals surface area contributed by atoms with E-state index in [1.165, 1.54) is 42.5 Å². The highest BCUT2D eigenvalue weighted by molar-refractivity contribution is 5.88. The maximum atomic E-state index is 13.7. The molecule has 240 valence electrons. The van der Waals surface area contributed by atoms with Crippen molar-refractivity contribution in [1.29, 1.82) is 0 Å². The van der Waals surface area contributed by atoms with Gasteiger partial charge in [-0.3, -0.25) is 9.59 Å². The summed E-state index contributed by atoms with van der Waals surface area (Å²) in [4.78, 5) is 37.9.